The Kier molecular flexibility index (Phi) is 2.13. The van der Waals surface area contributed by atoms with E-state index < -0.39 is 0 Å². The van der Waals surface area contributed by atoms with Crippen molar-refractivity contribution in [2.45, 2.75) is 26.4 Å². The molecule has 1 fully saturated rings. The van der Waals surface area contributed by atoms with Crippen LogP contribution in [0, 0.1) is 12.8 Å². The van der Waals surface area contributed by atoms with Crippen LogP contribution in [0.15, 0.2) is 10.6 Å². The monoisotopic (exact) mass is 167 g/mol. The number of aromatic nitrogens is 1. The van der Waals surface area contributed by atoms with E-state index in [0.717, 1.165) is 24.0 Å². The number of aryl methyl sites for hydroxylation is 1. The van der Waals surface area contributed by atoms with E-state index in [0.29, 0.717) is 6.61 Å². The minimum Gasteiger partial charge on any atom is -0.375 e. The van der Waals surface area contributed by atoms with Gasteiger partial charge in [0.2, 0.25) is 0 Å². The second-order valence-corrected chi connectivity index (χ2v) is 3.39. The Balaban J connectivity index is 1.71. The average Bonchev–Trinajstić information content (AvgIpc) is 2.76. The van der Waals surface area contributed by atoms with E-state index in [-0.39, 0.29) is 0 Å². The molecule has 0 radical (unpaired) electrons. The minimum atomic E-state index is 0.591. The van der Waals surface area contributed by atoms with Crippen molar-refractivity contribution in [2.24, 2.45) is 5.92 Å². The van der Waals surface area contributed by atoms with Crippen LogP contribution in [0.25, 0.3) is 0 Å². The first kappa shape index (κ1) is 7.80. The van der Waals surface area contributed by atoms with Crippen molar-refractivity contribution in [1.82, 2.24) is 5.16 Å². The third kappa shape index (κ3) is 2.08. The standard InChI is InChI=1S/C9H13NO2/c1-7-4-9(10-12-7)6-11-5-8-2-3-8/h4,8H,2-3,5-6H2,1H3. The first-order valence-electron chi connectivity index (χ1n) is 4.34. The summed E-state index contributed by atoms with van der Waals surface area (Å²) in [6.07, 6.45) is 2.66. The molecule has 0 bridgehead atoms. The number of hydrogen-bond acceptors (Lipinski definition) is 3. The largest absolute Gasteiger partial charge is 0.375 e. The fraction of sp³-hybridized carbons (Fsp3) is 0.667. The zero-order valence-electron chi connectivity index (χ0n) is 7.25. The van der Waals surface area contributed by atoms with Gasteiger partial charge in [0.15, 0.2) is 0 Å². The summed E-state index contributed by atoms with van der Waals surface area (Å²) in [4.78, 5) is 0. The molecule has 3 nitrogen and oxygen atoms in total. The quantitative estimate of drug-likeness (QED) is 0.687. The van der Waals surface area contributed by atoms with Gasteiger partial charge in [0, 0.05) is 12.7 Å². The lowest BCUT2D eigenvalue weighted by atomic mass is 10.4. The molecule has 66 valence electrons. The van der Waals surface area contributed by atoms with Crippen molar-refractivity contribution < 1.29 is 9.26 Å². The minimum absolute atomic E-state index is 0.591. The van der Waals surface area contributed by atoms with Crippen molar-refractivity contribution in [1.29, 1.82) is 0 Å². The molecule has 0 saturated heterocycles. The Morgan fingerprint density at radius 1 is 1.67 bits per heavy atom. The maximum Gasteiger partial charge on any atom is 0.134 e. The first-order chi connectivity index (χ1) is 5.84. The van der Waals surface area contributed by atoms with Gasteiger partial charge in [-0.15, -0.1) is 0 Å². The summed E-state index contributed by atoms with van der Waals surface area (Å²) in [5.41, 5.74) is 0.896. The van der Waals surface area contributed by atoms with E-state index in [1.165, 1.54) is 12.8 Å². The molecule has 1 heterocycles. The number of nitrogens with zero attached hydrogens (tertiary/aromatic N) is 1. The second kappa shape index (κ2) is 3.27. The van der Waals surface area contributed by atoms with Crippen molar-refractivity contribution in [2.75, 3.05) is 6.61 Å². The smallest absolute Gasteiger partial charge is 0.134 e. The van der Waals surface area contributed by atoms with Crippen LogP contribution in [0.5, 0.6) is 0 Å². The molecule has 1 aromatic rings. The molecule has 0 amide bonds. The van der Waals surface area contributed by atoms with Gasteiger partial charge in [-0.25, -0.2) is 0 Å². The SMILES string of the molecule is Cc1cc(COCC2CC2)no1. The molecular weight excluding hydrogens is 154 g/mol. The van der Waals surface area contributed by atoms with Crippen molar-refractivity contribution >= 4 is 0 Å². The lowest BCUT2D eigenvalue weighted by molar-refractivity contribution is 0.106. The van der Waals surface area contributed by atoms with Gasteiger partial charge in [-0.05, 0) is 25.7 Å². The summed E-state index contributed by atoms with van der Waals surface area (Å²) >= 11 is 0. The third-order valence-electron chi connectivity index (χ3n) is 1.98. The zero-order chi connectivity index (χ0) is 8.39. The maximum absolute atomic E-state index is 5.43. The van der Waals surface area contributed by atoms with Gasteiger partial charge in [0.05, 0.1) is 6.61 Å². The Bertz CT molecular complexity index is 253. The molecule has 0 atom stereocenters. The lowest BCUT2D eigenvalue weighted by Crippen LogP contribution is -1.96. The van der Waals surface area contributed by atoms with Crippen molar-refractivity contribution in [3.05, 3.63) is 17.5 Å². The number of rotatable bonds is 4. The Hall–Kier alpha value is -0.830. The second-order valence-electron chi connectivity index (χ2n) is 3.39. The number of ether oxygens (including phenoxy) is 1. The predicted molar refractivity (Wildman–Crippen MR) is 43.6 cm³/mol. The normalized spacial score (nSPS) is 16.8. The molecule has 12 heavy (non-hydrogen) atoms. The van der Waals surface area contributed by atoms with Gasteiger partial charge in [-0.3, -0.25) is 0 Å². The lowest BCUT2D eigenvalue weighted by Gasteiger charge is -1.97. The van der Waals surface area contributed by atoms with Crippen LogP contribution in [0.1, 0.15) is 24.3 Å². The van der Waals surface area contributed by atoms with Gasteiger partial charge < -0.3 is 9.26 Å². The van der Waals surface area contributed by atoms with Gasteiger partial charge in [-0.2, -0.15) is 0 Å². The van der Waals surface area contributed by atoms with Gasteiger partial charge >= 0.3 is 0 Å². The molecule has 0 unspecified atom stereocenters. The summed E-state index contributed by atoms with van der Waals surface area (Å²) in [6.45, 7) is 3.36. The van der Waals surface area contributed by atoms with Crippen LogP contribution in [0.2, 0.25) is 0 Å². The molecule has 1 aromatic heterocycles. The molecule has 3 heteroatoms. The summed E-state index contributed by atoms with van der Waals surface area (Å²) in [6, 6.07) is 1.91. The zero-order valence-corrected chi connectivity index (χ0v) is 7.25. The highest BCUT2D eigenvalue weighted by Crippen LogP contribution is 2.28. The molecule has 0 spiro atoms. The summed E-state index contributed by atoms with van der Waals surface area (Å²) < 4.78 is 10.3. The highest BCUT2D eigenvalue weighted by molar-refractivity contribution is 5.01. The third-order valence-corrected chi connectivity index (χ3v) is 1.98. The molecule has 0 aromatic carbocycles. The van der Waals surface area contributed by atoms with E-state index in [2.05, 4.69) is 5.16 Å². The van der Waals surface area contributed by atoms with E-state index in [4.69, 9.17) is 9.26 Å². The van der Waals surface area contributed by atoms with E-state index in [1.807, 2.05) is 13.0 Å². The van der Waals surface area contributed by atoms with Crippen LogP contribution < -0.4 is 0 Å². The fourth-order valence-electron chi connectivity index (χ4n) is 1.10. The molecular formula is C9H13NO2. The number of hydrogen-bond donors (Lipinski definition) is 0. The van der Waals surface area contributed by atoms with Crippen LogP contribution >= 0.6 is 0 Å². The summed E-state index contributed by atoms with van der Waals surface area (Å²) in [7, 11) is 0. The first-order valence-corrected chi connectivity index (χ1v) is 4.34. The molecule has 1 aliphatic carbocycles. The molecule has 1 saturated carbocycles. The van der Waals surface area contributed by atoms with Crippen molar-refractivity contribution in [3.63, 3.8) is 0 Å². The van der Waals surface area contributed by atoms with Gasteiger partial charge in [0.25, 0.3) is 0 Å². The molecule has 2 rings (SSSR count). The average molecular weight is 167 g/mol. The van der Waals surface area contributed by atoms with Gasteiger partial charge in [-0.1, -0.05) is 5.16 Å². The Morgan fingerprint density at radius 2 is 2.50 bits per heavy atom. The van der Waals surface area contributed by atoms with E-state index >= 15 is 0 Å². The highest BCUT2D eigenvalue weighted by Gasteiger charge is 2.21. The van der Waals surface area contributed by atoms with Crippen molar-refractivity contribution in [3.8, 4) is 0 Å². The van der Waals surface area contributed by atoms with E-state index in [9.17, 15) is 0 Å². The topological polar surface area (TPSA) is 35.3 Å². The summed E-state index contributed by atoms with van der Waals surface area (Å²) in [5, 5.41) is 3.83. The summed E-state index contributed by atoms with van der Waals surface area (Å²) in [5.74, 6) is 1.66. The van der Waals surface area contributed by atoms with E-state index in [1.54, 1.807) is 0 Å². The van der Waals surface area contributed by atoms with Crippen LogP contribution in [0.3, 0.4) is 0 Å². The van der Waals surface area contributed by atoms with Crippen LogP contribution in [0.4, 0.5) is 0 Å². The molecule has 0 N–H and O–H groups in total. The predicted octanol–water partition coefficient (Wildman–Crippen LogP) is 1.91. The van der Waals surface area contributed by atoms with Gasteiger partial charge in [0.1, 0.15) is 11.5 Å². The Morgan fingerprint density at radius 3 is 3.08 bits per heavy atom. The molecule has 0 aliphatic heterocycles. The Labute approximate surface area is 71.7 Å². The fourth-order valence-corrected chi connectivity index (χ4v) is 1.10. The van der Waals surface area contributed by atoms with Crippen LogP contribution in [-0.2, 0) is 11.3 Å². The molecule has 1 aliphatic rings. The highest BCUT2D eigenvalue weighted by atomic mass is 16.5. The van der Waals surface area contributed by atoms with Crippen LogP contribution in [-0.4, -0.2) is 11.8 Å². The maximum atomic E-state index is 5.43.